The molecule has 0 aromatic heterocycles. The molecule has 1 atom stereocenters. The molecule has 1 saturated heterocycles. The molecular formula is C17H26ClN3O2. The number of rotatable bonds is 8. The number of halogens is 1. The standard InChI is InChI=1S/C17H26ClN3O2/c1-14(19-7-2-8-21-9-11-23-12-10-21)13-17(22)20-16-5-3-15(18)4-6-16/h3-6,14,19H,2,7-13H2,1H3,(H,20,22). The van der Waals surface area contributed by atoms with Gasteiger partial charge in [-0.05, 0) is 50.7 Å². The summed E-state index contributed by atoms with van der Waals surface area (Å²) in [6.07, 6.45) is 1.54. The zero-order valence-corrected chi connectivity index (χ0v) is 14.4. The Morgan fingerprint density at radius 2 is 2.00 bits per heavy atom. The van der Waals surface area contributed by atoms with Gasteiger partial charge in [-0.3, -0.25) is 9.69 Å². The first-order chi connectivity index (χ1) is 11.1. The minimum Gasteiger partial charge on any atom is -0.379 e. The average molecular weight is 340 g/mol. The second-order valence-electron chi connectivity index (χ2n) is 5.92. The highest BCUT2D eigenvalue weighted by Crippen LogP contribution is 2.13. The van der Waals surface area contributed by atoms with E-state index in [4.69, 9.17) is 16.3 Å². The van der Waals surface area contributed by atoms with Crippen LogP contribution in [0.5, 0.6) is 0 Å². The Bertz CT molecular complexity index is 475. The number of anilines is 1. The summed E-state index contributed by atoms with van der Waals surface area (Å²) >= 11 is 5.83. The fourth-order valence-corrected chi connectivity index (χ4v) is 2.70. The molecule has 23 heavy (non-hydrogen) atoms. The molecule has 1 aromatic rings. The molecule has 1 aromatic carbocycles. The van der Waals surface area contributed by atoms with E-state index < -0.39 is 0 Å². The Kier molecular flexibility index (Phi) is 7.82. The van der Waals surface area contributed by atoms with Gasteiger partial charge in [-0.15, -0.1) is 0 Å². The molecule has 0 aliphatic carbocycles. The minimum atomic E-state index is 0.0144. The lowest BCUT2D eigenvalue weighted by Gasteiger charge is -2.26. The fourth-order valence-electron chi connectivity index (χ4n) is 2.57. The summed E-state index contributed by atoms with van der Waals surface area (Å²) in [5.41, 5.74) is 0.777. The SMILES string of the molecule is CC(CC(=O)Nc1ccc(Cl)cc1)NCCCN1CCOCC1. The second-order valence-corrected chi connectivity index (χ2v) is 6.36. The third-order valence-electron chi connectivity index (χ3n) is 3.87. The molecule has 5 nitrogen and oxygen atoms in total. The van der Waals surface area contributed by atoms with Crippen LogP contribution in [0.3, 0.4) is 0 Å². The van der Waals surface area contributed by atoms with Crippen molar-refractivity contribution in [2.45, 2.75) is 25.8 Å². The van der Waals surface area contributed by atoms with E-state index in [0.717, 1.165) is 51.5 Å². The van der Waals surface area contributed by atoms with Crippen molar-refractivity contribution in [1.82, 2.24) is 10.2 Å². The zero-order valence-electron chi connectivity index (χ0n) is 13.7. The number of ether oxygens (including phenoxy) is 1. The van der Waals surface area contributed by atoms with Crippen LogP contribution >= 0.6 is 11.6 Å². The van der Waals surface area contributed by atoms with Crippen LogP contribution in [-0.4, -0.2) is 56.2 Å². The Balaban J connectivity index is 1.57. The van der Waals surface area contributed by atoms with E-state index >= 15 is 0 Å². The third-order valence-corrected chi connectivity index (χ3v) is 4.12. The Morgan fingerprint density at radius 3 is 2.70 bits per heavy atom. The number of hydrogen-bond donors (Lipinski definition) is 2. The van der Waals surface area contributed by atoms with Gasteiger partial charge in [0.1, 0.15) is 0 Å². The van der Waals surface area contributed by atoms with Crippen LogP contribution in [0.1, 0.15) is 19.8 Å². The van der Waals surface area contributed by atoms with Gasteiger partial charge >= 0.3 is 0 Å². The lowest BCUT2D eigenvalue weighted by molar-refractivity contribution is -0.116. The van der Waals surface area contributed by atoms with Crippen molar-refractivity contribution >= 4 is 23.2 Å². The first kappa shape index (κ1) is 18.2. The number of nitrogens with one attached hydrogen (secondary N) is 2. The van der Waals surface area contributed by atoms with Crippen LogP contribution < -0.4 is 10.6 Å². The number of amides is 1. The molecule has 0 spiro atoms. The van der Waals surface area contributed by atoms with Gasteiger partial charge in [0, 0.05) is 36.3 Å². The van der Waals surface area contributed by atoms with Gasteiger partial charge in [-0.2, -0.15) is 0 Å². The third kappa shape index (κ3) is 7.31. The molecule has 1 aliphatic rings. The molecule has 2 N–H and O–H groups in total. The second kappa shape index (κ2) is 9.88. The summed E-state index contributed by atoms with van der Waals surface area (Å²) in [4.78, 5) is 14.4. The summed E-state index contributed by atoms with van der Waals surface area (Å²) in [7, 11) is 0. The first-order valence-corrected chi connectivity index (χ1v) is 8.60. The Labute approximate surface area is 143 Å². The normalized spacial score (nSPS) is 17.0. The van der Waals surface area contributed by atoms with Crippen LogP contribution in [0.15, 0.2) is 24.3 Å². The van der Waals surface area contributed by atoms with E-state index in [2.05, 4.69) is 15.5 Å². The van der Waals surface area contributed by atoms with E-state index in [-0.39, 0.29) is 11.9 Å². The predicted molar refractivity (Wildman–Crippen MR) is 94.0 cm³/mol. The molecule has 0 saturated carbocycles. The Hall–Kier alpha value is -1.14. The van der Waals surface area contributed by atoms with Crippen LogP contribution in [0.4, 0.5) is 5.69 Å². The molecule has 1 aliphatic heterocycles. The maximum Gasteiger partial charge on any atom is 0.225 e. The van der Waals surface area contributed by atoms with Crippen molar-refractivity contribution in [3.05, 3.63) is 29.3 Å². The van der Waals surface area contributed by atoms with Crippen molar-refractivity contribution in [2.24, 2.45) is 0 Å². The average Bonchev–Trinajstić information content (AvgIpc) is 2.55. The summed E-state index contributed by atoms with van der Waals surface area (Å²) in [6.45, 7) is 7.78. The van der Waals surface area contributed by atoms with Gasteiger partial charge in [-0.1, -0.05) is 11.6 Å². The van der Waals surface area contributed by atoms with E-state index in [1.807, 2.05) is 6.92 Å². The molecule has 6 heteroatoms. The molecule has 1 fully saturated rings. The summed E-state index contributed by atoms with van der Waals surface area (Å²) in [5, 5.41) is 6.96. The fraction of sp³-hybridized carbons (Fsp3) is 0.588. The number of morpholine rings is 1. The smallest absolute Gasteiger partial charge is 0.225 e. The quantitative estimate of drug-likeness (QED) is 0.714. The number of carbonyl (C=O) groups excluding carboxylic acids is 1. The highest BCUT2D eigenvalue weighted by molar-refractivity contribution is 6.30. The van der Waals surface area contributed by atoms with Gasteiger partial charge < -0.3 is 15.4 Å². The Morgan fingerprint density at radius 1 is 1.30 bits per heavy atom. The van der Waals surface area contributed by atoms with Crippen LogP contribution in [0, 0.1) is 0 Å². The first-order valence-electron chi connectivity index (χ1n) is 8.22. The highest BCUT2D eigenvalue weighted by Gasteiger charge is 2.11. The number of carbonyl (C=O) groups is 1. The van der Waals surface area contributed by atoms with Crippen molar-refractivity contribution in [3.8, 4) is 0 Å². The molecule has 1 heterocycles. The van der Waals surface area contributed by atoms with Crippen molar-refractivity contribution in [3.63, 3.8) is 0 Å². The van der Waals surface area contributed by atoms with Gasteiger partial charge in [0.05, 0.1) is 13.2 Å². The largest absolute Gasteiger partial charge is 0.379 e. The molecule has 2 rings (SSSR count). The van der Waals surface area contributed by atoms with Crippen LogP contribution in [0.25, 0.3) is 0 Å². The number of nitrogens with zero attached hydrogens (tertiary/aromatic N) is 1. The van der Waals surface area contributed by atoms with E-state index in [1.165, 1.54) is 0 Å². The molecule has 1 unspecified atom stereocenters. The zero-order chi connectivity index (χ0) is 16.5. The van der Waals surface area contributed by atoms with Crippen molar-refractivity contribution < 1.29 is 9.53 Å². The topological polar surface area (TPSA) is 53.6 Å². The highest BCUT2D eigenvalue weighted by atomic mass is 35.5. The molecule has 1 amide bonds. The van der Waals surface area contributed by atoms with E-state index in [9.17, 15) is 4.79 Å². The maximum atomic E-state index is 12.0. The monoisotopic (exact) mass is 339 g/mol. The number of hydrogen-bond acceptors (Lipinski definition) is 4. The molecule has 0 radical (unpaired) electrons. The lowest BCUT2D eigenvalue weighted by atomic mass is 10.2. The maximum absolute atomic E-state index is 12.0. The van der Waals surface area contributed by atoms with Crippen molar-refractivity contribution in [1.29, 1.82) is 0 Å². The molecular weight excluding hydrogens is 314 g/mol. The minimum absolute atomic E-state index is 0.0144. The van der Waals surface area contributed by atoms with Gasteiger partial charge in [0.15, 0.2) is 0 Å². The van der Waals surface area contributed by atoms with Gasteiger partial charge in [0.25, 0.3) is 0 Å². The number of benzene rings is 1. The lowest BCUT2D eigenvalue weighted by Crippen LogP contribution is -2.38. The van der Waals surface area contributed by atoms with Gasteiger partial charge in [-0.25, -0.2) is 0 Å². The van der Waals surface area contributed by atoms with Crippen LogP contribution in [-0.2, 0) is 9.53 Å². The predicted octanol–water partition coefficient (Wildman–Crippen LogP) is 2.37. The van der Waals surface area contributed by atoms with Crippen molar-refractivity contribution in [2.75, 3.05) is 44.7 Å². The van der Waals surface area contributed by atoms with Gasteiger partial charge in [0.2, 0.25) is 5.91 Å². The van der Waals surface area contributed by atoms with Crippen LogP contribution in [0.2, 0.25) is 5.02 Å². The molecule has 0 bridgehead atoms. The summed E-state index contributed by atoms with van der Waals surface area (Å²) in [6, 6.07) is 7.31. The van der Waals surface area contributed by atoms with E-state index in [1.54, 1.807) is 24.3 Å². The molecule has 128 valence electrons. The summed E-state index contributed by atoms with van der Waals surface area (Å²) in [5.74, 6) is 0.0144. The van der Waals surface area contributed by atoms with E-state index in [0.29, 0.717) is 11.4 Å². The summed E-state index contributed by atoms with van der Waals surface area (Å²) < 4.78 is 5.33.